The van der Waals surface area contributed by atoms with E-state index in [-0.39, 0.29) is 6.61 Å². The third-order valence-electron chi connectivity index (χ3n) is 2.65. The Morgan fingerprint density at radius 2 is 1.58 bits per heavy atom. The summed E-state index contributed by atoms with van der Waals surface area (Å²) in [5, 5.41) is 0. The van der Waals surface area contributed by atoms with E-state index in [0.717, 1.165) is 16.7 Å². The van der Waals surface area contributed by atoms with Crippen LogP contribution >= 0.6 is 0 Å². The Morgan fingerprint density at radius 3 is 2.16 bits per heavy atom. The van der Waals surface area contributed by atoms with Crippen molar-refractivity contribution in [3.63, 3.8) is 0 Å². The van der Waals surface area contributed by atoms with Gasteiger partial charge in [0.1, 0.15) is 6.61 Å². The maximum atomic E-state index is 12.4. The number of esters is 1. The fourth-order valence-corrected chi connectivity index (χ4v) is 1.65. The summed E-state index contributed by atoms with van der Waals surface area (Å²) in [6.45, 7) is 2.92. The van der Waals surface area contributed by atoms with E-state index in [9.17, 15) is 9.18 Å². The SMILES string of the molecule is C=C(F)C(=O)OCc1ccc(-c2ccccc2)cc1. The van der Waals surface area contributed by atoms with Crippen LogP contribution in [0.1, 0.15) is 5.56 Å². The standard InChI is InChI=1S/C16H13FO2/c1-12(17)16(18)19-11-13-7-9-15(10-8-13)14-5-3-2-4-6-14/h2-10H,1,11H2. The Balaban J connectivity index is 2.03. The number of halogens is 1. The predicted molar refractivity (Wildman–Crippen MR) is 71.9 cm³/mol. The lowest BCUT2D eigenvalue weighted by Crippen LogP contribution is -2.03. The molecular weight excluding hydrogens is 243 g/mol. The molecule has 2 nitrogen and oxygen atoms in total. The van der Waals surface area contributed by atoms with Crippen molar-refractivity contribution in [3.8, 4) is 11.1 Å². The second-order valence-corrected chi connectivity index (χ2v) is 4.04. The van der Waals surface area contributed by atoms with E-state index >= 15 is 0 Å². The van der Waals surface area contributed by atoms with E-state index in [1.807, 2.05) is 54.6 Å². The van der Waals surface area contributed by atoms with Gasteiger partial charge >= 0.3 is 5.97 Å². The normalized spacial score (nSPS) is 9.95. The van der Waals surface area contributed by atoms with Crippen LogP contribution in [0.2, 0.25) is 0 Å². The van der Waals surface area contributed by atoms with E-state index < -0.39 is 11.8 Å². The molecule has 2 aromatic carbocycles. The van der Waals surface area contributed by atoms with E-state index in [4.69, 9.17) is 4.74 Å². The minimum absolute atomic E-state index is 0.0385. The molecule has 0 amide bonds. The highest BCUT2D eigenvalue weighted by atomic mass is 19.1. The van der Waals surface area contributed by atoms with Crippen molar-refractivity contribution in [3.05, 3.63) is 72.6 Å². The van der Waals surface area contributed by atoms with Crippen LogP contribution in [-0.4, -0.2) is 5.97 Å². The zero-order chi connectivity index (χ0) is 13.7. The number of carbonyl (C=O) groups is 1. The highest BCUT2D eigenvalue weighted by Crippen LogP contribution is 2.19. The van der Waals surface area contributed by atoms with Crippen molar-refractivity contribution in [2.75, 3.05) is 0 Å². The van der Waals surface area contributed by atoms with Crippen molar-refractivity contribution >= 4 is 5.97 Å². The third-order valence-corrected chi connectivity index (χ3v) is 2.65. The zero-order valence-corrected chi connectivity index (χ0v) is 10.3. The van der Waals surface area contributed by atoms with Crippen molar-refractivity contribution in [2.45, 2.75) is 6.61 Å². The van der Waals surface area contributed by atoms with Crippen molar-refractivity contribution in [1.29, 1.82) is 0 Å². The second-order valence-electron chi connectivity index (χ2n) is 4.04. The first-order chi connectivity index (χ1) is 9.16. The van der Waals surface area contributed by atoms with Gasteiger partial charge in [-0.3, -0.25) is 0 Å². The molecule has 0 bridgehead atoms. The van der Waals surface area contributed by atoms with Gasteiger partial charge in [-0.25, -0.2) is 4.79 Å². The Bertz CT molecular complexity index is 573. The molecule has 0 saturated heterocycles. The minimum Gasteiger partial charge on any atom is -0.456 e. The van der Waals surface area contributed by atoms with Crippen LogP contribution in [0.15, 0.2) is 67.0 Å². The summed E-state index contributed by atoms with van der Waals surface area (Å²) in [4.78, 5) is 10.9. The monoisotopic (exact) mass is 256 g/mol. The molecule has 0 atom stereocenters. The fourth-order valence-electron chi connectivity index (χ4n) is 1.65. The van der Waals surface area contributed by atoms with Crippen molar-refractivity contribution < 1.29 is 13.9 Å². The summed E-state index contributed by atoms with van der Waals surface area (Å²) in [5.41, 5.74) is 2.99. The lowest BCUT2D eigenvalue weighted by Gasteiger charge is -2.05. The highest BCUT2D eigenvalue weighted by Gasteiger charge is 2.07. The van der Waals surface area contributed by atoms with Gasteiger partial charge in [0.05, 0.1) is 0 Å². The summed E-state index contributed by atoms with van der Waals surface area (Å²) in [6, 6.07) is 17.5. The first kappa shape index (κ1) is 13.0. The molecule has 3 heteroatoms. The molecule has 96 valence electrons. The average molecular weight is 256 g/mol. The molecule has 0 N–H and O–H groups in total. The molecule has 2 aromatic rings. The Kier molecular flexibility index (Phi) is 4.08. The van der Waals surface area contributed by atoms with Crippen LogP contribution < -0.4 is 0 Å². The number of ether oxygens (including phenoxy) is 1. The van der Waals surface area contributed by atoms with Gasteiger partial charge < -0.3 is 4.74 Å². The van der Waals surface area contributed by atoms with E-state index in [2.05, 4.69) is 6.58 Å². The number of benzene rings is 2. The van der Waals surface area contributed by atoms with Gasteiger partial charge in [0.25, 0.3) is 0 Å². The summed E-state index contributed by atoms with van der Waals surface area (Å²) in [7, 11) is 0. The molecule has 0 fully saturated rings. The van der Waals surface area contributed by atoms with Gasteiger partial charge in [-0.05, 0) is 16.7 Å². The number of carbonyl (C=O) groups excluding carboxylic acids is 1. The summed E-state index contributed by atoms with van der Waals surface area (Å²) in [6.07, 6.45) is 0. The van der Waals surface area contributed by atoms with Gasteiger partial charge in [-0.1, -0.05) is 61.2 Å². The van der Waals surface area contributed by atoms with Gasteiger partial charge in [0.15, 0.2) is 0 Å². The average Bonchev–Trinajstić information content (AvgIpc) is 2.46. The molecule has 0 heterocycles. The molecule has 0 unspecified atom stereocenters. The summed E-state index contributed by atoms with van der Waals surface area (Å²) < 4.78 is 17.1. The maximum Gasteiger partial charge on any atom is 0.366 e. The van der Waals surface area contributed by atoms with Crippen molar-refractivity contribution in [2.24, 2.45) is 0 Å². The van der Waals surface area contributed by atoms with Gasteiger partial charge in [-0.2, -0.15) is 4.39 Å². The van der Waals surface area contributed by atoms with Crippen LogP contribution in [0.5, 0.6) is 0 Å². The second kappa shape index (κ2) is 5.96. The number of hydrogen-bond acceptors (Lipinski definition) is 2. The molecule has 0 aliphatic heterocycles. The van der Waals surface area contributed by atoms with Crippen LogP contribution in [-0.2, 0) is 16.1 Å². The Hall–Kier alpha value is -2.42. The molecule has 2 rings (SSSR count). The molecule has 0 saturated carbocycles. The van der Waals surface area contributed by atoms with Gasteiger partial charge in [0, 0.05) is 0 Å². The molecule has 0 aromatic heterocycles. The molecule has 0 aliphatic rings. The fraction of sp³-hybridized carbons (Fsp3) is 0.0625. The van der Waals surface area contributed by atoms with Crippen LogP contribution in [0.3, 0.4) is 0 Å². The van der Waals surface area contributed by atoms with Crippen LogP contribution in [0, 0.1) is 0 Å². The van der Waals surface area contributed by atoms with E-state index in [1.165, 1.54) is 0 Å². The molecule has 19 heavy (non-hydrogen) atoms. The van der Waals surface area contributed by atoms with Crippen molar-refractivity contribution in [1.82, 2.24) is 0 Å². The van der Waals surface area contributed by atoms with Gasteiger partial charge in [-0.15, -0.1) is 0 Å². The Labute approximate surface area is 111 Å². The molecule has 0 radical (unpaired) electrons. The van der Waals surface area contributed by atoms with E-state index in [0.29, 0.717) is 0 Å². The smallest absolute Gasteiger partial charge is 0.366 e. The third kappa shape index (κ3) is 3.52. The lowest BCUT2D eigenvalue weighted by molar-refractivity contribution is -0.141. The topological polar surface area (TPSA) is 26.3 Å². The predicted octanol–water partition coefficient (Wildman–Crippen LogP) is 3.88. The molecular formula is C16H13FO2. The zero-order valence-electron chi connectivity index (χ0n) is 10.3. The van der Waals surface area contributed by atoms with Crippen LogP contribution in [0.4, 0.5) is 4.39 Å². The first-order valence-corrected chi connectivity index (χ1v) is 5.83. The Morgan fingerprint density at radius 1 is 1.00 bits per heavy atom. The largest absolute Gasteiger partial charge is 0.456 e. The lowest BCUT2D eigenvalue weighted by atomic mass is 10.0. The summed E-state index contributed by atoms with van der Waals surface area (Å²) >= 11 is 0. The maximum absolute atomic E-state index is 12.4. The molecule has 0 aliphatic carbocycles. The van der Waals surface area contributed by atoms with Gasteiger partial charge in [0.2, 0.25) is 5.83 Å². The quantitative estimate of drug-likeness (QED) is 0.613. The summed E-state index contributed by atoms with van der Waals surface area (Å²) in [5.74, 6) is -2.10. The molecule has 0 spiro atoms. The highest BCUT2D eigenvalue weighted by molar-refractivity contribution is 5.85. The number of rotatable bonds is 4. The minimum atomic E-state index is -1.08. The van der Waals surface area contributed by atoms with E-state index in [1.54, 1.807) is 0 Å². The first-order valence-electron chi connectivity index (χ1n) is 5.83. The van der Waals surface area contributed by atoms with Crippen LogP contribution in [0.25, 0.3) is 11.1 Å². The number of hydrogen-bond donors (Lipinski definition) is 0.